The third kappa shape index (κ3) is 4.46. The first-order valence-corrected chi connectivity index (χ1v) is 7.36. The largest absolute Gasteiger partial charge is 0.308 e. The Kier molecular flexibility index (Phi) is 5.31. The van der Waals surface area contributed by atoms with E-state index in [1.54, 1.807) is 0 Å². The Hall–Kier alpha value is -1.67. The van der Waals surface area contributed by atoms with Gasteiger partial charge >= 0.3 is 0 Å². The van der Waals surface area contributed by atoms with Crippen molar-refractivity contribution < 1.29 is 0 Å². The van der Waals surface area contributed by atoms with Crippen LogP contribution >= 0.6 is 0 Å². The maximum atomic E-state index is 4.06. The van der Waals surface area contributed by atoms with Crippen LogP contribution < -0.4 is 5.32 Å². The Bertz CT molecular complexity index is 522. The predicted octanol–water partition coefficient (Wildman–Crippen LogP) is 4.06. The first kappa shape index (κ1) is 14.7. The first-order valence-electron chi connectivity index (χ1n) is 7.36. The topological polar surface area (TPSA) is 24.9 Å². The van der Waals surface area contributed by atoms with E-state index >= 15 is 0 Å². The Morgan fingerprint density at radius 1 is 1.10 bits per heavy atom. The van der Waals surface area contributed by atoms with Gasteiger partial charge in [-0.05, 0) is 56.9 Å². The molecule has 106 valence electrons. The van der Waals surface area contributed by atoms with Gasteiger partial charge in [-0.2, -0.15) is 0 Å². The van der Waals surface area contributed by atoms with E-state index in [-0.39, 0.29) is 0 Å². The fourth-order valence-electron chi connectivity index (χ4n) is 2.51. The van der Waals surface area contributed by atoms with Crippen LogP contribution in [0, 0.1) is 6.92 Å². The van der Waals surface area contributed by atoms with Crippen LogP contribution in [-0.4, -0.2) is 11.0 Å². The molecular formula is C18H24N2. The highest BCUT2D eigenvalue weighted by molar-refractivity contribution is 5.22. The first-order chi connectivity index (χ1) is 9.65. The summed E-state index contributed by atoms with van der Waals surface area (Å²) in [5.74, 6) is 0. The molecular weight excluding hydrogens is 244 g/mol. The average molecular weight is 268 g/mol. The molecule has 2 aromatic rings. The maximum absolute atomic E-state index is 4.06. The number of aromatic nitrogens is 1. The van der Waals surface area contributed by atoms with Crippen LogP contribution in [0.1, 0.15) is 43.0 Å². The van der Waals surface area contributed by atoms with Crippen LogP contribution in [-0.2, 0) is 6.42 Å². The molecule has 2 atom stereocenters. The zero-order valence-electron chi connectivity index (χ0n) is 12.6. The van der Waals surface area contributed by atoms with E-state index in [2.05, 4.69) is 67.5 Å². The monoisotopic (exact) mass is 268 g/mol. The molecule has 0 aliphatic heterocycles. The van der Waals surface area contributed by atoms with Gasteiger partial charge in [0.15, 0.2) is 0 Å². The minimum absolute atomic E-state index is 0.366. The second kappa shape index (κ2) is 7.20. The van der Waals surface area contributed by atoms with Crippen LogP contribution in [0.15, 0.2) is 48.8 Å². The van der Waals surface area contributed by atoms with E-state index in [0.29, 0.717) is 12.1 Å². The number of hydrogen-bond acceptors (Lipinski definition) is 2. The number of pyridine rings is 1. The molecule has 1 heterocycles. The standard InChI is InChI=1S/C18H24N2/c1-14-5-4-6-17(13-14)8-7-15(2)20-16(3)18-9-11-19-12-10-18/h4-6,9-13,15-16,20H,7-8H2,1-3H3/t15?,16-/m1/s1. The van der Waals surface area contributed by atoms with Gasteiger partial charge in [0.2, 0.25) is 0 Å². The SMILES string of the molecule is Cc1cccc(CCC(C)N[C@H](C)c2ccncc2)c1. The quantitative estimate of drug-likeness (QED) is 0.854. The van der Waals surface area contributed by atoms with Crippen LogP contribution in [0.3, 0.4) is 0 Å². The van der Waals surface area contributed by atoms with Crippen molar-refractivity contribution in [1.82, 2.24) is 10.3 Å². The molecule has 0 radical (unpaired) electrons. The molecule has 2 heteroatoms. The Labute approximate surface area is 122 Å². The molecule has 0 saturated heterocycles. The van der Waals surface area contributed by atoms with Crippen LogP contribution in [0.25, 0.3) is 0 Å². The third-order valence-corrected chi connectivity index (χ3v) is 3.69. The number of benzene rings is 1. The summed E-state index contributed by atoms with van der Waals surface area (Å²) in [7, 11) is 0. The van der Waals surface area contributed by atoms with Crippen molar-refractivity contribution in [2.75, 3.05) is 0 Å². The second-order valence-electron chi connectivity index (χ2n) is 5.60. The highest BCUT2D eigenvalue weighted by Gasteiger charge is 2.09. The second-order valence-corrected chi connectivity index (χ2v) is 5.60. The molecule has 0 aliphatic rings. The number of rotatable bonds is 6. The summed E-state index contributed by atoms with van der Waals surface area (Å²) in [6, 6.07) is 13.8. The van der Waals surface area contributed by atoms with Gasteiger partial charge in [-0.25, -0.2) is 0 Å². The Balaban J connectivity index is 1.82. The van der Waals surface area contributed by atoms with Gasteiger partial charge in [0.25, 0.3) is 0 Å². The minimum atomic E-state index is 0.366. The highest BCUT2D eigenvalue weighted by Crippen LogP contribution is 2.13. The van der Waals surface area contributed by atoms with Crippen molar-refractivity contribution >= 4 is 0 Å². The Morgan fingerprint density at radius 2 is 1.85 bits per heavy atom. The summed E-state index contributed by atoms with van der Waals surface area (Å²) in [4.78, 5) is 4.06. The van der Waals surface area contributed by atoms with Crippen LogP contribution in [0.5, 0.6) is 0 Å². The van der Waals surface area contributed by atoms with Crippen molar-refractivity contribution in [3.05, 3.63) is 65.5 Å². The molecule has 0 fully saturated rings. The van der Waals surface area contributed by atoms with Crippen LogP contribution in [0.2, 0.25) is 0 Å². The van der Waals surface area contributed by atoms with E-state index in [0.717, 1.165) is 12.8 Å². The fourth-order valence-corrected chi connectivity index (χ4v) is 2.51. The van der Waals surface area contributed by atoms with Gasteiger partial charge in [-0.3, -0.25) is 4.98 Å². The van der Waals surface area contributed by atoms with Crippen molar-refractivity contribution in [2.24, 2.45) is 0 Å². The number of nitrogens with zero attached hydrogens (tertiary/aromatic N) is 1. The molecule has 2 nitrogen and oxygen atoms in total. The number of nitrogens with one attached hydrogen (secondary N) is 1. The van der Waals surface area contributed by atoms with Crippen molar-refractivity contribution in [3.63, 3.8) is 0 Å². The molecule has 1 aromatic carbocycles. The van der Waals surface area contributed by atoms with Crippen molar-refractivity contribution in [1.29, 1.82) is 0 Å². The van der Waals surface area contributed by atoms with Crippen molar-refractivity contribution in [3.8, 4) is 0 Å². The molecule has 20 heavy (non-hydrogen) atoms. The predicted molar refractivity (Wildman–Crippen MR) is 84.7 cm³/mol. The summed E-state index contributed by atoms with van der Waals surface area (Å²) < 4.78 is 0. The lowest BCUT2D eigenvalue weighted by Crippen LogP contribution is -2.29. The van der Waals surface area contributed by atoms with Crippen LogP contribution in [0.4, 0.5) is 0 Å². The smallest absolute Gasteiger partial charge is 0.0295 e. The van der Waals surface area contributed by atoms with E-state index in [1.807, 2.05) is 12.4 Å². The zero-order chi connectivity index (χ0) is 14.4. The number of hydrogen-bond donors (Lipinski definition) is 1. The third-order valence-electron chi connectivity index (χ3n) is 3.69. The molecule has 0 amide bonds. The normalized spacial score (nSPS) is 13.9. The van der Waals surface area contributed by atoms with E-state index in [9.17, 15) is 0 Å². The molecule has 0 saturated carbocycles. The van der Waals surface area contributed by atoms with Crippen molar-refractivity contribution in [2.45, 2.75) is 45.7 Å². The molecule has 0 spiro atoms. The molecule has 0 bridgehead atoms. The van der Waals surface area contributed by atoms with Gasteiger partial charge in [0.05, 0.1) is 0 Å². The Morgan fingerprint density at radius 3 is 2.55 bits per heavy atom. The van der Waals surface area contributed by atoms with Gasteiger partial charge in [-0.1, -0.05) is 29.8 Å². The lowest BCUT2D eigenvalue weighted by molar-refractivity contribution is 0.456. The summed E-state index contributed by atoms with van der Waals surface area (Å²) in [5.41, 5.74) is 4.06. The molecule has 1 aromatic heterocycles. The lowest BCUT2D eigenvalue weighted by Gasteiger charge is -2.20. The summed E-state index contributed by atoms with van der Waals surface area (Å²) >= 11 is 0. The van der Waals surface area contributed by atoms with Gasteiger partial charge in [0.1, 0.15) is 0 Å². The zero-order valence-corrected chi connectivity index (χ0v) is 12.6. The summed E-state index contributed by atoms with van der Waals surface area (Å²) in [6.45, 7) is 6.61. The van der Waals surface area contributed by atoms with Gasteiger partial charge < -0.3 is 5.32 Å². The van der Waals surface area contributed by atoms with E-state index in [1.165, 1.54) is 16.7 Å². The molecule has 0 aliphatic carbocycles. The lowest BCUT2D eigenvalue weighted by atomic mass is 10.0. The minimum Gasteiger partial charge on any atom is -0.308 e. The van der Waals surface area contributed by atoms with E-state index < -0.39 is 0 Å². The summed E-state index contributed by atoms with van der Waals surface area (Å²) in [5, 5.41) is 3.65. The highest BCUT2D eigenvalue weighted by atomic mass is 14.9. The molecule has 2 rings (SSSR count). The number of aryl methyl sites for hydroxylation is 2. The van der Waals surface area contributed by atoms with Gasteiger partial charge in [-0.15, -0.1) is 0 Å². The van der Waals surface area contributed by atoms with Gasteiger partial charge in [0, 0.05) is 24.5 Å². The van der Waals surface area contributed by atoms with E-state index in [4.69, 9.17) is 0 Å². The summed E-state index contributed by atoms with van der Waals surface area (Å²) in [6.07, 6.45) is 5.98. The fraction of sp³-hybridized carbons (Fsp3) is 0.389. The average Bonchev–Trinajstić information content (AvgIpc) is 2.46. The molecule has 1 N–H and O–H groups in total. The maximum Gasteiger partial charge on any atom is 0.0295 e. The molecule has 1 unspecified atom stereocenters.